The van der Waals surface area contributed by atoms with Gasteiger partial charge in [-0.05, 0) is 11.1 Å². The minimum Gasteiger partial charge on any atom is -0.0732 e. The van der Waals surface area contributed by atoms with E-state index in [0.29, 0.717) is 11.8 Å². The zero-order chi connectivity index (χ0) is 10.8. The molecule has 0 saturated carbocycles. The molecule has 0 spiro atoms. The molecule has 2 aliphatic rings. The fourth-order valence-corrected chi connectivity index (χ4v) is 2.28. The molecule has 0 N–H and O–H groups in total. The first-order valence-electron chi connectivity index (χ1n) is 5.73. The first-order chi connectivity index (χ1) is 7.93. The summed E-state index contributed by atoms with van der Waals surface area (Å²) in [6.07, 6.45) is 17.4. The monoisotopic (exact) mass is 206 g/mol. The first kappa shape index (κ1) is 9.41. The molecule has 0 aliphatic heterocycles. The van der Waals surface area contributed by atoms with E-state index in [1.54, 1.807) is 0 Å². The molecule has 0 radical (unpaired) electrons. The third-order valence-electron chi connectivity index (χ3n) is 3.18. The predicted molar refractivity (Wildman–Crippen MR) is 68.5 cm³/mol. The summed E-state index contributed by atoms with van der Waals surface area (Å²) in [7, 11) is 0. The van der Waals surface area contributed by atoms with Gasteiger partial charge in [0.1, 0.15) is 0 Å². The second-order valence-electron chi connectivity index (χ2n) is 4.26. The van der Waals surface area contributed by atoms with Crippen molar-refractivity contribution >= 4 is 0 Å². The van der Waals surface area contributed by atoms with Crippen LogP contribution in [0.1, 0.15) is 23.0 Å². The molecule has 16 heavy (non-hydrogen) atoms. The summed E-state index contributed by atoms with van der Waals surface area (Å²) in [4.78, 5) is 0. The van der Waals surface area contributed by atoms with Crippen molar-refractivity contribution in [3.63, 3.8) is 0 Å². The summed E-state index contributed by atoms with van der Waals surface area (Å²) < 4.78 is 0. The molecule has 0 atom stereocenters. The Hall–Kier alpha value is -1.82. The number of allylic oxidation sites excluding steroid dienone is 8. The van der Waals surface area contributed by atoms with Gasteiger partial charge in [0.25, 0.3) is 0 Å². The van der Waals surface area contributed by atoms with Crippen molar-refractivity contribution < 1.29 is 0 Å². The van der Waals surface area contributed by atoms with Gasteiger partial charge < -0.3 is 0 Å². The molecule has 0 aromatic heterocycles. The minimum atomic E-state index is 0.467. The molecule has 0 amide bonds. The SMILES string of the molecule is C1=CC(c2cccc(C3C=CC=C3)c2)C=C1. The van der Waals surface area contributed by atoms with E-state index < -0.39 is 0 Å². The predicted octanol–water partition coefficient (Wildman–Crippen LogP) is 4.11. The summed E-state index contributed by atoms with van der Waals surface area (Å²) in [5, 5.41) is 0. The highest BCUT2D eigenvalue weighted by Gasteiger charge is 2.11. The maximum atomic E-state index is 2.31. The minimum absolute atomic E-state index is 0.467. The van der Waals surface area contributed by atoms with E-state index in [2.05, 4.69) is 72.9 Å². The molecule has 0 heteroatoms. The molecule has 1 aromatic rings. The van der Waals surface area contributed by atoms with Crippen LogP contribution in [0, 0.1) is 0 Å². The largest absolute Gasteiger partial charge is 0.0732 e. The molecule has 0 fully saturated rings. The Bertz CT molecular complexity index is 433. The van der Waals surface area contributed by atoms with Crippen LogP contribution in [0.5, 0.6) is 0 Å². The van der Waals surface area contributed by atoms with E-state index in [4.69, 9.17) is 0 Å². The van der Waals surface area contributed by atoms with Gasteiger partial charge in [-0.15, -0.1) is 0 Å². The van der Waals surface area contributed by atoms with Gasteiger partial charge in [-0.3, -0.25) is 0 Å². The topological polar surface area (TPSA) is 0 Å². The summed E-state index contributed by atoms with van der Waals surface area (Å²) in [5.74, 6) is 0.934. The molecule has 0 saturated heterocycles. The van der Waals surface area contributed by atoms with Gasteiger partial charge in [-0.1, -0.05) is 72.9 Å². The van der Waals surface area contributed by atoms with Crippen LogP contribution in [-0.4, -0.2) is 0 Å². The number of hydrogen-bond donors (Lipinski definition) is 0. The highest BCUT2D eigenvalue weighted by molar-refractivity contribution is 5.41. The Morgan fingerprint density at radius 3 is 1.50 bits per heavy atom. The van der Waals surface area contributed by atoms with E-state index in [0.717, 1.165) is 0 Å². The maximum absolute atomic E-state index is 2.31. The van der Waals surface area contributed by atoms with Crippen LogP contribution in [0.2, 0.25) is 0 Å². The highest BCUT2D eigenvalue weighted by Crippen LogP contribution is 2.28. The maximum Gasteiger partial charge on any atom is 0.0204 e. The Morgan fingerprint density at radius 1 is 0.625 bits per heavy atom. The Morgan fingerprint density at radius 2 is 1.06 bits per heavy atom. The van der Waals surface area contributed by atoms with Crippen molar-refractivity contribution in [1.29, 1.82) is 0 Å². The molecule has 0 nitrogen and oxygen atoms in total. The van der Waals surface area contributed by atoms with Crippen LogP contribution < -0.4 is 0 Å². The zero-order valence-electron chi connectivity index (χ0n) is 9.08. The van der Waals surface area contributed by atoms with Gasteiger partial charge in [0.2, 0.25) is 0 Å². The van der Waals surface area contributed by atoms with Crippen molar-refractivity contribution in [2.24, 2.45) is 0 Å². The van der Waals surface area contributed by atoms with Crippen molar-refractivity contribution in [3.8, 4) is 0 Å². The molecule has 0 bridgehead atoms. The molecule has 0 unspecified atom stereocenters. The van der Waals surface area contributed by atoms with Gasteiger partial charge in [0.15, 0.2) is 0 Å². The van der Waals surface area contributed by atoms with Crippen LogP contribution in [-0.2, 0) is 0 Å². The highest BCUT2D eigenvalue weighted by atomic mass is 14.2. The van der Waals surface area contributed by atoms with E-state index in [-0.39, 0.29) is 0 Å². The van der Waals surface area contributed by atoms with E-state index in [1.165, 1.54) is 11.1 Å². The third-order valence-corrected chi connectivity index (χ3v) is 3.18. The Labute approximate surface area is 96.3 Å². The summed E-state index contributed by atoms with van der Waals surface area (Å²) >= 11 is 0. The molecule has 1 aromatic carbocycles. The average molecular weight is 206 g/mol. The van der Waals surface area contributed by atoms with E-state index >= 15 is 0 Å². The second-order valence-corrected chi connectivity index (χ2v) is 4.26. The Kier molecular flexibility index (Phi) is 2.34. The fraction of sp³-hybridized carbons (Fsp3) is 0.125. The van der Waals surface area contributed by atoms with Crippen LogP contribution in [0.3, 0.4) is 0 Å². The lowest BCUT2D eigenvalue weighted by atomic mass is 9.94. The van der Waals surface area contributed by atoms with Crippen molar-refractivity contribution in [1.82, 2.24) is 0 Å². The van der Waals surface area contributed by atoms with Gasteiger partial charge in [0.05, 0.1) is 0 Å². The summed E-state index contributed by atoms with van der Waals surface area (Å²) in [6.45, 7) is 0. The fourth-order valence-electron chi connectivity index (χ4n) is 2.28. The standard InChI is InChI=1S/C16H14/c1-2-7-13(6-1)15-10-5-11-16(12-15)14-8-3-4-9-14/h1-14H. The Balaban J connectivity index is 1.93. The lowest BCUT2D eigenvalue weighted by Crippen LogP contribution is -1.94. The van der Waals surface area contributed by atoms with E-state index in [1.807, 2.05) is 0 Å². The third kappa shape index (κ3) is 1.67. The molecule has 78 valence electrons. The molecular formula is C16H14. The first-order valence-corrected chi connectivity index (χ1v) is 5.73. The molecule has 3 rings (SSSR count). The van der Waals surface area contributed by atoms with Gasteiger partial charge in [0, 0.05) is 11.8 Å². The summed E-state index contributed by atoms with van der Waals surface area (Å²) in [5.41, 5.74) is 2.77. The van der Waals surface area contributed by atoms with Gasteiger partial charge in [-0.2, -0.15) is 0 Å². The van der Waals surface area contributed by atoms with Gasteiger partial charge in [-0.25, -0.2) is 0 Å². The summed E-state index contributed by atoms with van der Waals surface area (Å²) in [6, 6.07) is 8.88. The van der Waals surface area contributed by atoms with E-state index in [9.17, 15) is 0 Å². The molecular weight excluding hydrogens is 192 g/mol. The zero-order valence-corrected chi connectivity index (χ0v) is 9.08. The van der Waals surface area contributed by atoms with Crippen LogP contribution >= 0.6 is 0 Å². The van der Waals surface area contributed by atoms with Crippen molar-refractivity contribution in [2.45, 2.75) is 11.8 Å². The molecule has 0 heterocycles. The van der Waals surface area contributed by atoms with Crippen LogP contribution in [0.15, 0.2) is 72.9 Å². The second kappa shape index (κ2) is 3.97. The van der Waals surface area contributed by atoms with Crippen LogP contribution in [0.4, 0.5) is 0 Å². The number of rotatable bonds is 2. The lowest BCUT2D eigenvalue weighted by Gasteiger charge is -2.11. The van der Waals surface area contributed by atoms with Crippen molar-refractivity contribution in [2.75, 3.05) is 0 Å². The number of hydrogen-bond acceptors (Lipinski definition) is 0. The lowest BCUT2D eigenvalue weighted by molar-refractivity contribution is 1.05. The smallest absolute Gasteiger partial charge is 0.0204 e. The van der Waals surface area contributed by atoms with Crippen LogP contribution in [0.25, 0.3) is 0 Å². The average Bonchev–Trinajstić information content (AvgIpc) is 3.03. The normalized spacial score (nSPS) is 19.0. The quantitative estimate of drug-likeness (QED) is 0.683. The molecule has 2 aliphatic carbocycles. The van der Waals surface area contributed by atoms with Crippen molar-refractivity contribution in [3.05, 3.63) is 84.0 Å². The van der Waals surface area contributed by atoms with Gasteiger partial charge >= 0.3 is 0 Å². The number of benzene rings is 1.